The van der Waals surface area contributed by atoms with Crippen molar-refractivity contribution in [2.24, 2.45) is 0 Å². The maximum atomic E-state index is 2.38. The minimum Gasteiger partial charge on any atom is -0.306 e. The molecule has 0 radical (unpaired) electrons. The van der Waals surface area contributed by atoms with E-state index in [9.17, 15) is 0 Å². The lowest BCUT2D eigenvalue weighted by molar-refractivity contribution is 0.457. The second-order valence-electron chi connectivity index (χ2n) is 3.55. The van der Waals surface area contributed by atoms with Crippen LogP contribution in [0.15, 0.2) is 11.5 Å². The van der Waals surface area contributed by atoms with Crippen LogP contribution in [0.5, 0.6) is 0 Å². The Morgan fingerprint density at radius 3 is 2.18 bits per heavy atom. The van der Waals surface area contributed by atoms with Crippen LogP contribution in [0.4, 0.5) is 0 Å². The van der Waals surface area contributed by atoms with Gasteiger partial charge in [0, 0.05) is 6.54 Å². The van der Waals surface area contributed by atoms with E-state index < -0.39 is 10.0 Å². The molecule has 11 heavy (non-hydrogen) atoms. The van der Waals surface area contributed by atoms with E-state index in [1.165, 1.54) is 5.75 Å². The first-order valence-electron chi connectivity index (χ1n) is 4.00. The van der Waals surface area contributed by atoms with Crippen LogP contribution in [-0.2, 0) is 0 Å². The van der Waals surface area contributed by atoms with Gasteiger partial charge in [0.05, 0.1) is 0 Å². The highest BCUT2D eigenvalue weighted by atomic mass is 32.3. The predicted octanol–water partition coefficient (Wildman–Crippen LogP) is 2.15. The van der Waals surface area contributed by atoms with Crippen molar-refractivity contribution >= 4 is 10.0 Å². The summed E-state index contributed by atoms with van der Waals surface area (Å²) < 4.78 is 0. The second-order valence-corrected chi connectivity index (χ2v) is 7.64. The molecule has 0 heterocycles. The van der Waals surface area contributed by atoms with E-state index in [1.807, 2.05) is 0 Å². The normalized spacial score (nSPS) is 14.7. The third kappa shape index (κ3) is 6.45. The first-order valence-corrected chi connectivity index (χ1v) is 6.68. The highest BCUT2D eigenvalue weighted by Gasteiger charge is 2.01. The summed E-state index contributed by atoms with van der Waals surface area (Å²) in [5, 5.41) is 2.38. The minimum atomic E-state index is -0.422. The fraction of sp³-hybridized carbons (Fsp3) is 0.778. The molecule has 0 spiro atoms. The molecule has 0 bridgehead atoms. The molecule has 1 nitrogen and oxygen atoms in total. The molecular formula is C9H21NS. The molecule has 0 atom stereocenters. The Balaban J connectivity index is 3.73. The van der Waals surface area contributed by atoms with Gasteiger partial charge in [0.25, 0.3) is 0 Å². The van der Waals surface area contributed by atoms with Gasteiger partial charge in [-0.05, 0) is 37.8 Å². The summed E-state index contributed by atoms with van der Waals surface area (Å²) in [6.07, 6.45) is 6.97. The summed E-state index contributed by atoms with van der Waals surface area (Å²) in [5.41, 5.74) is 0. The van der Waals surface area contributed by atoms with Gasteiger partial charge in [-0.1, -0.05) is 13.0 Å². The van der Waals surface area contributed by atoms with Gasteiger partial charge >= 0.3 is 0 Å². The van der Waals surface area contributed by atoms with Crippen LogP contribution in [0.25, 0.3) is 0 Å². The van der Waals surface area contributed by atoms with Crippen molar-refractivity contribution in [2.45, 2.75) is 6.92 Å². The SMILES string of the molecule is CCS(C)(C)/C=C/CN(C)C. The maximum absolute atomic E-state index is 2.38. The Kier molecular flexibility index (Phi) is 4.86. The quantitative estimate of drug-likeness (QED) is 0.633. The monoisotopic (exact) mass is 175 g/mol. The summed E-state index contributed by atoms with van der Waals surface area (Å²) in [6.45, 7) is 3.33. The molecule has 0 rings (SSSR count). The highest BCUT2D eigenvalue weighted by Crippen LogP contribution is 2.40. The molecule has 0 aliphatic heterocycles. The largest absolute Gasteiger partial charge is 0.306 e. The molecule has 2 heteroatoms. The lowest BCUT2D eigenvalue weighted by Gasteiger charge is -2.24. The van der Waals surface area contributed by atoms with Crippen molar-refractivity contribution < 1.29 is 0 Å². The summed E-state index contributed by atoms with van der Waals surface area (Å²) in [4.78, 5) is 2.18. The zero-order chi connectivity index (χ0) is 8.91. The van der Waals surface area contributed by atoms with Gasteiger partial charge in [-0.3, -0.25) is 0 Å². The fourth-order valence-corrected chi connectivity index (χ4v) is 1.41. The average Bonchev–Trinajstić information content (AvgIpc) is 1.87. The third-order valence-corrected chi connectivity index (χ3v) is 4.10. The zero-order valence-corrected chi connectivity index (χ0v) is 9.24. The van der Waals surface area contributed by atoms with E-state index >= 15 is 0 Å². The molecule has 0 unspecified atom stereocenters. The number of likely N-dealkylation sites (N-methyl/N-ethyl adjacent to an activating group) is 1. The van der Waals surface area contributed by atoms with E-state index in [-0.39, 0.29) is 0 Å². The topological polar surface area (TPSA) is 3.24 Å². The Labute approximate surface area is 72.8 Å². The van der Waals surface area contributed by atoms with Crippen molar-refractivity contribution in [3.63, 3.8) is 0 Å². The highest BCUT2D eigenvalue weighted by molar-refractivity contribution is 8.35. The second kappa shape index (κ2) is 4.83. The van der Waals surface area contributed by atoms with Gasteiger partial charge in [-0.2, -0.15) is 0 Å². The first kappa shape index (κ1) is 11.1. The molecule has 0 saturated carbocycles. The van der Waals surface area contributed by atoms with E-state index in [0.717, 1.165) is 6.54 Å². The molecular weight excluding hydrogens is 154 g/mol. The van der Waals surface area contributed by atoms with Gasteiger partial charge in [-0.15, -0.1) is 0 Å². The Bertz CT molecular complexity index is 128. The Morgan fingerprint density at radius 2 is 1.82 bits per heavy atom. The molecule has 0 amide bonds. The molecule has 0 fully saturated rings. The Morgan fingerprint density at radius 1 is 1.27 bits per heavy atom. The third-order valence-electron chi connectivity index (χ3n) is 1.68. The van der Waals surface area contributed by atoms with Crippen molar-refractivity contribution in [1.82, 2.24) is 4.90 Å². The molecule has 0 saturated heterocycles. The number of rotatable bonds is 4. The van der Waals surface area contributed by atoms with Gasteiger partial charge < -0.3 is 4.90 Å². The first-order chi connectivity index (χ1) is 4.98. The van der Waals surface area contributed by atoms with E-state index in [0.29, 0.717) is 0 Å². The lowest BCUT2D eigenvalue weighted by Crippen LogP contribution is -2.10. The summed E-state index contributed by atoms with van der Waals surface area (Å²) >= 11 is 0. The van der Waals surface area contributed by atoms with Crippen LogP contribution in [0.2, 0.25) is 0 Å². The van der Waals surface area contributed by atoms with Crippen LogP contribution >= 0.6 is 10.0 Å². The number of nitrogens with zero attached hydrogens (tertiary/aromatic N) is 1. The fourth-order valence-electron chi connectivity index (χ4n) is 0.611. The average molecular weight is 175 g/mol. The standard InChI is InChI=1S/C9H21NS/c1-6-11(4,5)9-7-8-10(2)3/h7,9H,6,8H2,1-5H3/b9-7+. The molecule has 0 aromatic rings. The molecule has 0 aliphatic rings. The lowest BCUT2D eigenvalue weighted by atomic mass is 10.6. The van der Waals surface area contributed by atoms with Crippen molar-refractivity contribution in [3.8, 4) is 0 Å². The minimum absolute atomic E-state index is 0.422. The van der Waals surface area contributed by atoms with Gasteiger partial charge in [0.15, 0.2) is 0 Å². The van der Waals surface area contributed by atoms with Gasteiger partial charge in [-0.25, -0.2) is 10.0 Å². The Hall–Kier alpha value is 0.0500. The molecule has 0 aliphatic carbocycles. The summed E-state index contributed by atoms with van der Waals surface area (Å²) in [7, 11) is 3.77. The number of hydrogen-bond acceptors (Lipinski definition) is 1. The van der Waals surface area contributed by atoms with Crippen LogP contribution in [0.3, 0.4) is 0 Å². The van der Waals surface area contributed by atoms with Crippen molar-refractivity contribution in [3.05, 3.63) is 11.5 Å². The van der Waals surface area contributed by atoms with Crippen LogP contribution < -0.4 is 0 Å². The molecule has 0 N–H and O–H groups in total. The number of hydrogen-bond donors (Lipinski definition) is 0. The van der Waals surface area contributed by atoms with Crippen molar-refractivity contribution in [1.29, 1.82) is 0 Å². The van der Waals surface area contributed by atoms with Crippen LogP contribution in [0, 0.1) is 0 Å². The maximum Gasteiger partial charge on any atom is 0.0164 e. The van der Waals surface area contributed by atoms with Crippen LogP contribution in [0.1, 0.15) is 6.92 Å². The van der Waals surface area contributed by atoms with Crippen LogP contribution in [-0.4, -0.2) is 43.8 Å². The van der Waals surface area contributed by atoms with E-state index in [2.05, 4.69) is 49.9 Å². The van der Waals surface area contributed by atoms with E-state index in [1.54, 1.807) is 0 Å². The van der Waals surface area contributed by atoms with Crippen molar-refractivity contribution in [2.75, 3.05) is 38.9 Å². The smallest absolute Gasteiger partial charge is 0.0164 e. The van der Waals surface area contributed by atoms with Gasteiger partial charge in [0.2, 0.25) is 0 Å². The predicted molar refractivity (Wildman–Crippen MR) is 57.7 cm³/mol. The van der Waals surface area contributed by atoms with Gasteiger partial charge in [0.1, 0.15) is 0 Å². The zero-order valence-electron chi connectivity index (χ0n) is 8.42. The summed E-state index contributed by atoms with van der Waals surface area (Å²) in [5.74, 6) is 1.29. The summed E-state index contributed by atoms with van der Waals surface area (Å²) in [6, 6.07) is 0. The molecule has 68 valence electrons. The molecule has 0 aromatic heterocycles. The van der Waals surface area contributed by atoms with E-state index in [4.69, 9.17) is 0 Å². The molecule has 0 aromatic carbocycles.